The molecule has 1 aliphatic rings. The lowest BCUT2D eigenvalue weighted by molar-refractivity contribution is 0.102. The van der Waals surface area contributed by atoms with Crippen molar-refractivity contribution in [3.63, 3.8) is 0 Å². The molecule has 0 bridgehead atoms. The summed E-state index contributed by atoms with van der Waals surface area (Å²) in [6, 6.07) is 10.4. The van der Waals surface area contributed by atoms with E-state index >= 15 is 0 Å². The van der Waals surface area contributed by atoms with Crippen LogP contribution in [0, 0.1) is 0 Å². The van der Waals surface area contributed by atoms with Crippen molar-refractivity contribution in [2.24, 2.45) is 0 Å². The molecule has 9 heteroatoms. The number of sulfonamides is 1. The molecule has 1 fully saturated rings. The van der Waals surface area contributed by atoms with E-state index in [4.69, 9.17) is 27.9 Å². The average molecular weight is 429 g/mol. The van der Waals surface area contributed by atoms with Crippen LogP contribution in [0.25, 0.3) is 0 Å². The van der Waals surface area contributed by atoms with E-state index in [0.29, 0.717) is 27.9 Å². The van der Waals surface area contributed by atoms with Gasteiger partial charge in [-0.2, -0.15) is 0 Å². The molecule has 0 radical (unpaired) electrons. The Hall–Kier alpha value is -1.64. The highest BCUT2D eigenvalue weighted by Crippen LogP contribution is 2.26. The third-order valence-electron chi connectivity index (χ3n) is 4.13. The Balaban J connectivity index is 1.65. The van der Waals surface area contributed by atoms with Crippen LogP contribution in [-0.4, -0.2) is 33.6 Å². The van der Waals surface area contributed by atoms with Gasteiger partial charge in [-0.3, -0.25) is 4.79 Å². The molecule has 1 atom stereocenters. The Bertz CT molecular complexity index is 927. The van der Waals surface area contributed by atoms with E-state index in [0.717, 1.165) is 12.8 Å². The van der Waals surface area contributed by atoms with Crippen LogP contribution in [0.3, 0.4) is 0 Å². The van der Waals surface area contributed by atoms with Gasteiger partial charge in [0.2, 0.25) is 10.0 Å². The van der Waals surface area contributed by atoms with Crippen molar-refractivity contribution in [1.29, 1.82) is 0 Å². The molecule has 1 saturated heterocycles. The second-order valence-corrected chi connectivity index (χ2v) is 8.70. The van der Waals surface area contributed by atoms with Crippen LogP contribution in [0.5, 0.6) is 0 Å². The number of carbonyl (C=O) groups excluding carboxylic acids is 1. The highest BCUT2D eigenvalue weighted by molar-refractivity contribution is 7.89. The zero-order valence-electron chi connectivity index (χ0n) is 14.2. The summed E-state index contributed by atoms with van der Waals surface area (Å²) in [4.78, 5) is 12.4. The van der Waals surface area contributed by atoms with Crippen LogP contribution >= 0.6 is 23.2 Å². The van der Waals surface area contributed by atoms with Crippen molar-refractivity contribution in [2.75, 3.05) is 18.5 Å². The number of rotatable bonds is 6. The minimum absolute atomic E-state index is 0.0848. The van der Waals surface area contributed by atoms with E-state index in [9.17, 15) is 13.2 Å². The first kappa shape index (κ1) is 20.1. The molecule has 1 heterocycles. The topological polar surface area (TPSA) is 84.5 Å². The molecule has 144 valence electrons. The summed E-state index contributed by atoms with van der Waals surface area (Å²) >= 11 is 11.9. The summed E-state index contributed by atoms with van der Waals surface area (Å²) in [5.41, 5.74) is 0.722. The molecule has 0 spiro atoms. The molecular weight excluding hydrogens is 411 g/mol. The second kappa shape index (κ2) is 8.58. The molecule has 1 unspecified atom stereocenters. The largest absolute Gasteiger partial charge is 0.377 e. The van der Waals surface area contributed by atoms with Gasteiger partial charge in [0.25, 0.3) is 5.91 Å². The van der Waals surface area contributed by atoms with Crippen LogP contribution in [-0.2, 0) is 14.8 Å². The van der Waals surface area contributed by atoms with E-state index in [1.54, 1.807) is 12.1 Å². The molecule has 1 aliphatic heterocycles. The van der Waals surface area contributed by atoms with Gasteiger partial charge in [0, 0.05) is 23.7 Å². The standard InChI is InChI=1S/C18H18Cl2N2O4S/c19-13-5-8-17(16(20)10-13)22-18(23)12-3-6-15(7-4-12)27(24,25)21-11-14-2-1-9-26-14/h3-8,10,14,21H,1-2,9,11H2,(H,22,23). The summed E-state index contributed by atoms with van der Waals surface area (Å²) in [6.45, 7) is 0.896. The van der Waals surface area contributed by atoms with Gasteiger partial charge >= 0.3 is 0 Å². The van der Waals surface area contributed by atoms with Gasteiger partial charge in [-0.1, -0.05) is 23.2 Å². The monoisotopic (exact) mass is 428 g/mol. The predicted molar refractivity (Wildman–Crippen MR) is 105 cm³/mol. The summed E-state index contributed by atoms with van der Waals surface area (Å²) < 4.78 is 32.6. The van der Waals surface area contributed by atoms with Crippen molar-refractivity contribution in [3.8, 4) is 0 Å². The van der Waals surface area contributed by atoms with E-state index in [1.807, 2.05) is 0 Å². The highest BCUT2D eigenvalue weighted by Gasteiger charge is 2.20. The Labute approximate surface area is 167 Å². The molecule has 0 aromatic heterocycles. The van der Waals surface area contributed by atoms with Gasteiger partial charge in [0.15, 0.2) is 0 Å². The fourth-order valence-corrected chi connectivity index (χ4v) is 4.18. The summed E-state index contributed by atoms with van der Waals surface area (Å²) in [5.74, 6) is -0.407. The van der Waals surface area contributed by atoms with Crippen LogP contribution < -0.4 is 10.0 Å². The SMILES string of the molecule is O=C(Nc1ccc(Cl)cc1Cl)c1ccc(S(=O)(=O)NCC2CCCO2)cc1. The van der Waals surface area contributed by atoms with Crippen molar-refractivity contribution < 1.29 is 17.9 Å². The molecule has 0 saturated carbocycles. The summed E-state index contributed by atoms with van der Waals surface area (Å²) in [6.07, 6.45) is 1.69. The van der Waals surface area contributed by atoms with Crippen LogP contribution in [0.4, 0.5) is 5.69 Å². The Morgan fingerprint density at radius 2 is 1.89 bits per heavy atom. The van der Waals surface area contributed by atoms with Gasteiger partial charge < -0.3 is 10.1 Å². The number of carbonyl (C=O) groups is 1. The minimum Gasteiger partial charge on any atom is -0.377 e. The average Bonchev–Trinajstić information content (AvgIpc) is 3.16. The first-order valence-electron chi connectivity index (χ1n) is 8.33. The van der Waals surface area contributed by atoms with Crippen LogP contribution in [0.15, 0.2) is 47.4 Å². The Morgan fingerprint density at radius 1 is 1.15 bits per heavy atom. The molecule has 6 nitrogen and oxygen atoms in total. The maximum Gasteiger partial charge on any atom is 0.255 e. The molecule has 27 heavy (non-hydrogen) atoms. The first-order chi connectivity index (χ1) is 12.8. The van der Waals surface area contributed by atoms with Crippen LogP contribution in [0.2, 0.25) is 10.0 Å². The lowest BCUT2D eigenvalue weighted by Crippen LogP contribution is -2.31. The zero-order chi connectivity index (χ0) is 19.4. The van der Waals surface area contributed by atoms with E-state index in [2.05, 4.69) is 10.0 Å². The number of halogens is 2. The van der Waals surface area contributed by atoms with Gasteiger partial charge in [-0.15, -0.1) is 0 Å². The quantitative estimate of drug-likeness (QED) is 0.734. The van der Waals surface area contributed by atoms with Crippen molar-refractivity contribution >= 4 is 44.8 Å². The predicted octanol–water partition coefficient (Wildman–Crippen LogP) is 3.70. The number of hydrogen-bond acceptors (Lipinski definition) is 4. The van der Waals surface area contributed by atoms with Crippen molar-refractivity contribution in [1.82, 2.24) is 4.72 Å². The number of anilines is 1. The molecule has 2 aromatic rings. The van der Waals surface area contributed by atoms with Crippen molar-refractivity contribution in [3.05, 3.63) is 58.1 Å². The smallest absolute Gasteiger partial charge is 0.255 e. The number of nitrogens with one attached hydrogen (secondary N) is 2. The number of ether oxygens (including phenoxy) is 1. The normalized spacial score (nSPS) is 17.0. The number of benzene rings is 2. The maximum atomic E-state index is 12.3. The fourth-order valence-electron chi connectivity index (χ4n) is 2.66. The lowest BCUT2D eigenvalue weighted by atomic mass is 10.2. The molecule has 2 N–H and O–H groups in total. The Morgan fingerprint density at radius 3 is 2.52 bits per heavy atom. The zero-order valence-corrected chi connectivity index (χ0v) is 16.6. The summed E-state index contributed by atoms with van der Waals surface area (Å²) in [7, 11) is -3.66. The van der Waals surface area contributed by atoms with E-state index in [1.165, 1.54) is 30.3 Å². The molecule has 2 aromatic carbocycles. The first-order valence-corrected chi connectivity index (χ1v) is 10.6. The molecule has 1 amide bonds. The Kier molecular flexibility index (Phi) is 6.39. The summed E-state index contributed by atoms with van der Waals surface area (Å²) in [5, 5.41) is 3.44. The van der Waals surface area contributed by atoms with Gasteiger partial charge in [-0.05, 0) is 55.3 Å². The van der Waals surface area contributed by atoms with Gasteiger partial charge in [0.05, 0.1) is 21.7 Å². The van der Waals surface area contributed by atoms with Gasteiger partial charge in [0.1, 0.15) is 0 Å². The third kappa shape index (κ3) is 5.21. The highest BCUT2D eigenvalue weighted by atomic mass is 35.5. The minimum atomic E-state index is -3.66. The number of hydrogen-bond donors (Lipinski definition) is 2. The maximum absolute atomic E-state index is 12.3. The second-order valence-electron chi connectivity index (χ2n) is 6.09. The fraction of sp³-hybridized carbons (Fsp3) is 0.278. The molecular formula is C18H18Cl2N2O4S. The lowest BCUT2D eigenvalue weighted by Gasteiger charge is -2.12. The molecule has 0 aliphatic carbocycles. The molecule has 3 rings (SSSR count). The van der Waals surface area contributed by atoms with Crippen LogP contribution in [0.1, 0.15) is 23.2 Å². The van der Waals surface area contributed by atoms with E-state index in [-0.39, 0.29) is 17.5 Å². The van der Waals surface area contributed by atoms with E-state index < -0.39 is 15.9 Å². The van der Waals surface area contributed by atoms with Crippen molar-refractivity contribution in [2.45, 2.75) is 23.8 Å². The number of amides is 1. The third-order valence-corrected chi connectivity index (χ3v) is 6.12. The van der Waals surface area contributed by atoms with Gasteiger partial charge in [-0.25, -0.2) is 13.1 Å².